The number of aromatic nitrogens is 13. The number of nitrogen functional groups attached to an aromatic ring is 4. The molecule has 35 heteroatoms. The van der Waals surface area contributed by atoms with Gasteiger partial charge in [0.1, 0.15) is 85.7 Å². The molecule has 0 saturated heterocycles. The Hall–Kier alpha value is -8.40. The molecule has 15 aromatic heterocycles. The van der Waals surface area contributed by atoms with E-state index in [1.807, 2.05) is 85.2 Å². The van der Waals surface area contributed by atoms with Crippen LogP contribution in [-0.4, -0.2) is 131 Å². The number of rotatable bonds is 27. The van der Waals surface area contributed by atoms with E-state index in [0.29, 0.717) is 79.2 Å². The third-order valence-corrected chi connectivity index (χ3v) is 34.9. The summed E-state index contributed by atoms with van der Waals surface area (Å²) in [5.74, 6) is 6.65. The molecule has 0 aliphatic heterocycles. The number of hydrogen-bond donors (Lipinski definition) is 4. The van der Waals surface area contributed by atoms with Crippen LogP contribution in [0.15, 0.2) is 142 Å². The summed E-state index contributed by atoms with van der Waals surface area (Å²) in [4.78, 5) is 51.0. The van der Waals surface area contributed by atoms with E-state index < -0.39 is 43.2 Å². The van der Waals surface area contributed by atoms with Gasteiger partial charge in [0.25, 0.3) is 0 Å². The second-order valence-corrected chi connectivity index (χ2v) is 43.0. The van der Waals surface area contributed by atoms with Gasteiger partial charge in [-0.3, -0.25) is 16.8 Å². The molecule has 0 bridgehead atoms. The molecule has 23 nitrogen and oxygen atoms in total. The van der Waals surface area contributed by atoms with E-state index in [9.17, 15) is 16.8 Å². The number of hydrogen-bond acceptors (Lipinski definition) is 28. The summed E-state index contributed by atoms with van der Waals surface area (Å²) >= 11 is 12.0. The summed E-state index contributed by atoms with van der Waals surface area (Å²) in [5, 5.41) is 13.9. The Kier molecular flexibility index (Phi) is 26.5. The molecule has 2 saturated carbocycles. The first-order valence-corrected chi connectivity index (χ1v) is 50.1. The zero-order chi connectivity index (χ0) is 81.9. The van der Waals surface area contributed by atoms with E-state index in [1.54, 1.807) is 66.8 Å². The Bertz CT molecular complexity index is 5840. The van der Waals surface area contributed by atoms with E-state index in [4.69, 9.17) is 57.3 Å². The van der Waals surface area contributed by atoms with Gasteiger partial charge < -0.3 is 46.1 Å². The predicted octanol–water partition coefficient (Wildman–Crippen LogP) is 19.7. The molecule has 1 aromatic carbocycles. The van der Waals surface area contributed by atoms with Gasteiger partial charge in [0, 0.05) is 138 Å². The largest absolute Gasteiger partial charge is 0.396 e. The minimum atomic E-state index is -1.25. The summed E-state index contributed by atoms with van der Waals surface area (Å²) in [6.45, 7) is 9.26. The van der Waals surface area contributed by atoms with Gasteiger partial charge in [-0.1, -0.05) is 76.9 Å². The molecule has 2 aliphatic carbocycles. The minimum Gasteiger partial charge on any atom is -0.396 e. The van der Waals surface area contributed by atoms with Crippen LogP contribution in [0.2, 0.25) is 0 Å². The van der Waals surface area contributed by atoms with Crippen molar-refractivity contribution in [2.45, 2.75) is 114 Å². The molecule has 0 radical (unpaired) electrons. The molecule has 117 heavy (non-hydrogen) atoms. The number of fused-ring (bicyclic) bond motifs is 4. The Morgan fingerprint density at radius 2 is 0.812 bits per heavy atom. The number of thiazole rings is 3. The maximum absolute atomic E-state index is 12.9. The van der Waals surface area contributed by atoms with Crippen molar-refractivity contribution in [2.24, 2.45) is 21.1 Å². The molecule has 2 fully saturated rings. The highest BCUT2D eigenvalue weighted by atomic mass is 32.2. The molecule has 0 amide bonds. The topological polar surface area (TPSA) is 335 Å². The van der Waals surface area contributed by atoms with E-state index in [0.717, 1.165) is 180 Å². The zero-order valence-corrected chi connectivity index (χ0v) is 75.5. The van der Waals surface area contributed by atoms with Crippen molar-refractivity contribution in [1.82, 2.24) is 63.5 Å². The quantitative estimate of drug-likeness (QED) is 0.0371. The molecule has 608 valence electrons. The fourth-order valence-electron chi connectivity index (χ4n) is 13.7. The number of nitrogens with zero attached hydrogens (tertiary/aromatic N) is 13. The van der Waals surface area contributed by atoms with Crippen LogP contribution >= 0.6 is 90.7 Å². The van der Waals surface area contributed by atoms with Crippen LogP contribution in [0.4, 0.5) is 22.7 Å². The standard InChI is InChI=1S/C21H23N5OS3.C21H20N2OS3.C20H21N5O2S3.C20H23N5O2S3/c1-3-4-9-30(27)21-17(22)16-13(15-11-24-18(26(15)2)12-5-6-12)10-14(25-20(16)29-21)19-23-7-8-28-19;1-2-3-12-27(24)21-19(22)18-15(14-8-5-4-6-9-14)13-16(23-20(18)26-21)17-10-7-11-25-17;1-25-14(10-23-17(25)11-3-4-11)12-9-13(18-22-5-7-28-18)24-19-15(12)16(21)20(29-19)30(26)8-6-27-2;1-11(2)17-23-10-14(25(17)3)12-9-13(18-22-5-7-28-18)24-19-15(12)16(21)20(29-19)30(26)8-6-27-4/h7-8,10-12H,3-6,9,22H2,1-2H3;4-11,13H,2-3,12,22H2,1H3;5,7,9-11H,3-4,6,8,21H2,1-2H3;5,7,9-11H,6,8,21H2,1-4H3. The van der Waals surface area contributed by atoms with Gasteiger partial charge in [-0.25, -0.2) is 49.8 Å². The first-order valence-electron chi connectivity index (χ1n) is 38.1. The van der Waals surface area contributed by atoms with Gasteiger partial charge in [-0.15, -0.1) is 90.7 Å². The molecular formula is C82H87N17O6S12. The average Bonchev–Trinajstić information content (AvgIpc) is 1.62. The van der Waals surface area contributed by atoms with E-state index in [-0.39, 0.29) is 5.92 Å². The van der Waals surface area contributed by atoms with Crippen LogP contribution in [0.5, 0.6) is 0 Å². The molecule has 16 aromatic rings. The first kappa shape index (κ1) is 83.7. The number of unbranched alkanes of at least 4 members (excludes halogenated alkanes) is 2. The molecule has 18 rings (SSSR count). The summed E-state index contributed by atoms with van der Waals surface area (Å²) in [6, 6.07) is 22.5. The number of nitrogens with two attached hydrogens (primary N) is 4. The second kappa shape index (κ2) is 37.1. The Labute approximate surface area is 719 Å². The summed E-state index contributed by atoms with van der Waals surface area (Å²) in [5.41, 5.74) is 39.7. The van der Waals surface area contributed by atoms with Crippen molar-refractivity contribution >= 4 is 198 Å². The lowest BCUT2D eigenvalue weighted by Crippen LogP contribution is -2.05. The molecule has 4 atom stereocenters. The number of benzene rings is 1. The van der Waals surface area contributed by atoms with Crippen molar-refractivity contribution in [3.8, 4) is 87.6 Å². The Balaban J connectivity index is 0.000000122. The normalized spacial score (nSPS) is 13.9. The van der Waals surface area contributed by atoms with E-state index in [2.05, 4.69) is 109 Å². The van der Waals surface area contributed by atoms with Crippen LogP contribution in [0, 0.1) is 0 Å². The summed E-state index contributed by atoms with van der Waals surface area (Å²) < 4.78 is 70.7. The predicted molar refractivity (Wildman–Crippen MR) is 492 cm³/mol. The number of methoxy groups -OCH3 is 2. The highest BCUT2D eigenvalue weighted by Gasteiger charge is 2.33. The van der Waals surface area contributed by atoms with Crippen molar-refractivity contribution in [1.29, 1.82) is 0 Å². The van der Waals surface area contributed by atoms with Gasteiger partial charge in [-0.05, 0) is 85.4 Å². The number of pyridine rings is 4. The van der Waals surface area contributed by atoms with Crippen molar-refractivity contribution in [3.63, 3.8) is 0 Å². The lowest BCUT2D eigenvalue weighted by Gasteiger charge is -2.11. The van der Waals surface area contributed by atoms with Gasteiger partial charge in [-0.2, -0.15) is 0 Å². The lowest BCUT2D eigenvalue weighted by molar-refractivity contribution is 0.218. The SMILES string of the molecule is CCCCS(=O)c1sc2nc(-c3cccs3)cc(-c3ccccc3)c2c1N.CCCCS(=O)c1sc2nc(-c3nccs3)cc(-c3cnc(C4CC4)n3C)c2c1N.COCCS(=O)c1sc2nc(-c3nccs3)cc(-c3cnc(C(C)C)n3C)c2c1N.COCCS(=O)c1sc2nc(-c3nccs3)cc(-c3cnc(C4CC4)n3C)c2c1N. The molecule has 4 unspecified atom stereocenters. The maximum atomic E-state index is 12.9. The average molecular weight is 1790 g/mol. The Morgan fingerprint density at radius 3 is 1.15 bits per heavy atom. The molecule has 2 aliphatic rings. The van der Waals surface area contributed by atoms with Crippen LogP contribution in [0.1, 0.15) is 114 Å². The first-order chi connectivity index (χ1) is 56.8. The second-order valence-electron chi connectivity index (χ2n) is 28.3. The van der Waals surface area contributed by atoms with Crippen LogP contribution < -0.4 is 22.9 Å². The van der Waals surface area contributed by atoms with Crippen LogP contribution in [0.25, 0.3) is 128 Å². The molecular weight excluding hydrogens is 1700 g/mol. The number of thiophene rings is 5. The van der Waals surface area contributed by atoms with Gasteiger partial charge in [0.2, 0.25) is 0 Å². The summed E-state index contributed by atoms with van der Waals surface area (Å²) in [6.07, 6.45) is 19.7. The number of ether oxygens (including phenoxy) is 2. The van der Waals surface area contributed by atoms with E-state index >= 15 is 0 Å². The van der Waals surface area contributed by atoms with Crippen molar-refractivity contribution < 1.29 is 26.3 Å². The number of anilines is 4. The maximum Gasteiger partial charge on any atom is 0.141 e. The molecule has 8 N–H and O–H groups in total. The Morgan fingerprint density at radius 1 is 0.444 bits per heavy atom. The highest BCUT2D eigenvalue weighted by molar-refractivity contribution is 7.88. The monoisotopic (exact) mass is 1790 g/mol. The third-order valence-electron chi connectivity index (χ3n) is 19.9. The van der Waals surface area contributed by atoms with Crippen LogP contribution in [-0.2, 0) is 73.8 Å². The fourth-order valence-corrected chi connectivity index (χ4v) is 26.9. The zero-order valence-electron chi connectivity index (χ0n) is 65.7. The van der Waals surface area contributed by atoms with Crippen LogP contribution in [0.3, 0.4) is 0 Å². The molecule has 0 spiro atoms. The van der Waals surface area contributed by atoms with Gasteiger partial charge in [0.15, 0.2) is 0 Å². The third kappa shape index (κ3) is 17.7. The van der Waals surface area contributed by atoms with Gasteiger partial charge in [0.05, 0.1) is 137 Å². The molecule has 15 heterocycles. The van der Waals surface area contributed by atoms with Crippen molar-refractivity contribution in [2.75, 3.05) is 73.4 Å². The lowest BCUT2D eigenvalue weighted by atomic mass is 10.0. The number of imidazole rings is 3. The highest BCUT2D eigenvalue weighted by Crippen LogP contribution is 2.50. The van der Waals surface area contributed by atoms with Crippen molar-refractivity contribution in [3.05, 3.63) is 143 Å². The summed E-state index contributed by atoms with van der Waals surface area (Å²) in [7, 11) is 4.63. The smallest absolute Gasteiger partial charge is 0.141 e. The van der Waals surface area contributed by atoms with Gasteiger partial charge >= 0.3 is 0 Å². The minimum absolute atomic E-state index is 0.288. The fraction of sp³-hybridized carbons (Fsp3) is 0.317. The van der Waals surface area contributed by atoms with E-state index in [1.165, 1.54) is 82.4 Å².